The van der Waals surface area contributed by atoms with Crippen LogP contribution in [-0.2, 0) is 6.18 Å². The molecule has 3 aromatic rings. The van der Waals surface area contributed by atoms with E-state index in [2.05, 4.69) is 9.97 Å². The third kappa shape index (κ3) is 2.59. The monoisotopic (exact) mass is 288 g/mol. The first kappa shape index (κ1) is 13.5. The van der Waals surface area contributed by atoms with Crippen molar-refractivity contribution < 1.29 is 13.2 Å². The number of aryl methyl sites for hydroxylation is 1. The molecule has 2 aromatic heterocycles. The maximum atomic E-state index is 12.5. The molecule has 0 fully saturated rings. The topological polar surface area (TPSA) is 25.8 Å². The molecule has 0 aliphatic carbocycles. The number of hydrogen-bond donors (Lipinski definition) is 0. The molecule has 1 aromatic carbocycles. The minimum absolute atomic E-state index is 0.428. The van der Waals surface area contributed by atoms with E-state index in [4.69, 9.17) is 0 Å². The lowest BCUT2D eigenvalue weighted by Gasteiger charge is -2.08. The average molecular weight is 288 g/mol. The van der Waals surface area contributed by atoms with Crippen molar-refractivity contribution in [3.05, 3.63) is 59.8 Å². The molecule has 0 unspecified atom stereocenters. The number of aromatic nitrogens is 2. The Kier molecular flexibility index (Phi) is 3.12. The quantitative estimate of drug-likeness (QED) is 0.652. The van der Waals surface area contributed by atoms with Gasteiger partial charge in [0.2, 0.25) is 0 Å². The Hall–Kier alpha value is -2.43. The summed E-state index contributed by atoms with van der Waals surface area (Å²) in [6.07, 6.45) is -3.54. The highest BCUT2D eigenvalue weighted by molar-refractivity contribution is 5.84. The van der Waals surface area contributed by atoms with Crippen molar-refractivity contribution in [1.82, 2.24) is 9.97 Å². The number of pyridine rings is 2. The minimum Gasteiger partial charge on any atom is -0.254 e. The highest BCUT2D eigenvalue weighted by Crippen LogP contribution is 2.30. The number of para-hydroxylation sites is 1. The average Bonchev–Trinajstić information content (AvgIpc) is 2.46. The second-order valence-corrected chi connectivity index (χ2v) is 4.77. The second kappa shape index (κ2) is 4.84. The maximum Gasteiger partial charge on any atom is 0.417 e. The largest absolute Gasteiger partial charge is 0.417 e. The van der Waals surface area contributed by atoms with Crippen LogP contribution in [0.25, 0.3) is 22.3 Å². The van der Waals surface area contributed by atoms with Gasteiger partial charge < -0.3 is 0 Å². The van der Waals surface area contributed by atoms with Crippen LogP contribution in [0.4, 0.5) is 13.2 Å². The van der Waals surface area contributed by atoms with Gasteiger partial charge in [-0.25, -0.2) is 4.98 Å². The zero-order valence-corrected chi connectivity index (χ0v) is 11.1. The van der Waals surface area contributed by atoms with Gasteiger partial charge in [0, 0.05) is 11.6 Å². The van der Waals surface area contributed by atoms with Crippen LogP contribution >= 0.6 is 0 Å². The van der Waals surface area contributed by atoms with Crippen molar-refractivity contribution in [1.29, 1.82) is 0 Å². The van der Waals surface area contributed by atoms with E-state index in [9.17, 15) is 13.2 Å². The van der Waals surface area contributed by atoms with E-state index in [1.807, 2.05) is 37.3 Å². The van der Waals surface area contributed by atoms with Crippen LogP contribution in [0.5, 0.6) is 0 Å². The molecule has 21 heavy (non-hydrogen) atoms. The fourth-order valence-corrected chi connectivity index (χ4v) is 2.19. The highest BCUT2D eigenvalue weighted by atomic mass is 19.4. The van der Waals surface area contributed by atoms with Gasteiger partial charge in [-0.1, -0.05) is 18.2 Å². The fourth-order valence-electron chi connectivity index (χ4n) is 2.19. The molecule has 0 saturated heterocycles. The van der Waals surface area contributed by atoms with Crippen LogP contribution in [0.15, 0.2) is 48.7 Å². The summed E-state index contributed by atoms with van der Waals surface area (Å²) < 4.78 is 37.6. The molecular formula is C16H11F3N2. The van der Waals surface area contributed by atoms with E-state index in [1.165, 1.54) is 6.07 Å². The van der Waals surface area contributed by atoms with Crippen molar-refractivity contribution >= 4 is 10.9 Å². The van der Waals surface area contributed by atoms with Gasteiger partial charge in [-0.3, -0.25) is 4.98 Å². The second-order valence-electron chi connectivity index (χ2n) is 4.77. The molecule has 0 saturated carbocycles. The van der Waals surface area contributed by atoms with Gasteiger partial charge in [0.05, 0.1) is 22.5 Å². The number of benzene rings is 1. The highest BCUT2D eigenvalue weighted by Gasteiger charge is 2.30. The summed E-state index contributed by atoms with van der Waals surface area (Å²) in [5, 5.41) is 1.02. The van der Waals surface area contributed by atoms with Gasteiger partial charge in [-0.05, 0) is 36.8 Å². The number of nitrogens with zero attached hydrogens (tertiary/aromatic N) is 2. The van der Waals surface area contributed by atoms with E-state index in [-0.39, 0.29) is 0 Å². The molecule has 2 heterocycles. The van der Waals surface area contributed by atoms with Gasteiger partial charge in [0.15, 0.2) is 0 Å². The smallest absolute Gasteiger partial charge is 0.254 e. The predicted octanol–water partition coefficient (Wildman–Crippen LogP) is 4.62. The maximum absolute atomic E-state index is 12.5. The summed E-state index contributed by atoms with van der Waals surface area (Å²) in [6.45, 7) is 1.94. The first-order valence-corrected chi connectivity index (χ1v) is 6.35. The Balaban J connectivity index is 2.08. The van der Waals surface area contributed by atoms with Gasteiger partial charge >= 0.3 is 6.18 Å². The molecule has 0 N–H and O–H groups in total. The predicted molar refractivity (Wildman–Crippen MR) is 74.7 cm³/mol. The number of alkyl halides is 3. The fraction of sp³-hybridized carbons (Fsp3) is 0.125. The molecule has 0 spiro atoms. The van der Waals surface area contributed by atoms with Crippen molar-refractivity contribution in [2.75, 3.05) is 0 Å². The minimum atomic E-state index is -4.38. The summed E-state index contributed by atoms with van der Waals surface area (Å²) in [4.78, 5) is 8.34. The van der Waals surface area contributed by atoms with E-state index >= 15 is 0 Å². The third-order valence-corrected chi connectivity index (χ3v) is 3.28. The SMILES string of the molecule is Cc1cc(-c2ccc(C(F)(F)F)cn2)nc2ccccc12. The standard InChI is InChI=1S/C16H11F3N2/c1-10-8-15(21-13-5-3-2-4-12(10)13)14-7-6-11(9-20-14)16(17,18)19/h2-9H,1H3. The van der Waals surface area contributed by atoms with Crippen LogP contribution < -0.4 is 0 Å². The van der Waals surface area contributed by atoms with Gasteiger partial charge in [-0.15, -0.1) is 0 Å². The Morgan fingerprint density at radius 1 is 0.952 bits per heavy atom. The summed E-state index contributed by atoms with van der Waals surface area (Å²) in [7, 11) is 0. The molecular weight excluding hydrogens is 277 g/mol. The summed E-state index contributed by atoms with van der Waals surface area (Å²) in [5.41, 5.74) is 2.05. The van der Waals surface area contributed by atoms with Crippen LogP contribution in [0.1, 0.15) is 11.1 Å². The Bertz CT molecular complexity index is 793. The zero-order valence-electron chi connectivity index (χ0n) is 11.1. The van der Waals surface area contributed by atoms with Crippen LogP contribution in [-0.4, -0.2) is 9.97 Å². The number of rotatable bonds is 1. The molecule has 2 nitrogen and oxygen atoms in total. The first-order chi connectivity index (χ1) is 9.95. The molecule has 0 aliphatic heterocycles. The van der Waals surface area contributed by atoms with E-state index in [1.54, 1.807) is 0 Å². The lowest BCUT2D eigenvalue weighted by molar-refractivity contribution is -0.137. The molecule has 0 amide bonds. The lowest BCUT2D eigenvalue weighted by atomic mass is 10.1. The number of fused-ring (bicyclic) bond motifs is 1. The third-order valence-electron chi connectivity index (χ3n) is 3.28. The molecule has 0 bridgehead atoms. The van der Waals surface area contributed by atoms with E-state index in [0.717, 1.165) is 28.7 Å². The van der Waals surface area contributed by atoms with E-state index < -0.39 is 11.7 Å². The van der Waals surface area contributed by atoms with Crippen molar-refractivity contribution in [2.24, 2.45) is 0 Å². The first-order valence-electron chi connectivity index (χ1n) is 6.35. The Labute approximate surface area is 119 Å². The van der Waals surface area contributed by atoms with Gasteiger partial charge in [0.1, 0.15) is 0 Å². The Morgan fingerprint density at radius 3 is 2.38 bits per heavy atom. The zero-order chi connectivity index (χ0) is 15.0. The summed E-state index contributed by atoms with van der Waals surface area (Å²) in [5.74, 6) is 0. The van der Waals surface area contributed by atoms with Crippen LogP contribution in [0, 0.1) is 6.92 Å². The molecule has 106 valence electrons. The van der Waals surface area contributed by atoms with Crippen LogP contribution in [0.2, 0.25) is 0 Å². The summed E-state index contributed by atoms with van der Waals surface area (Å²) in [6, 6.07) is 11.8. The summed E-state index contributed by atoms with van der Waals surface area (Å²) >= 11 is 0. The van der Waals surface area contributed by atoms with E-state index in [0.29, 0.717) is 11.4 Å². The molecule has 0 atom stereocenters. The van der Waals surface area contributed by atoms with Crippen molar-refractivity contribution in [3.8, 4) is 11.4 Å². The molecule has 0 aliphatic rings. The molecule has 5 heteroatoms. The van der Waals surface area contributed by atoms with Crippen LogP contribution in [0.3, 0.4) is 0 Å². The Morgan fingerprint density at radius 2 is 1.71 bits per heavy atom. The number of halogens is 3. The van der Waals surface area contributed by atoms with Crippen molar-refractivity contribution in [2.45, 2.75) is 13.1 Å². The lowest BCUT2D eigenvalue weighted by Crippen LogP contribution is -2.05. The molecule has 0 radical (unpaired) electrons. The number of hydrogen-bond acceptors (Lipinski definition) is 2. The normalized spacial score (nSPS) is 11.8. The van der Waals surface area contributed by atoms with Crippen molar-refractivity contribution in [3.63, 3.8) is 0 Å². The molecule has 3 rings (SSSR count). The van der Waals surface area contributed by atoms with Gasteiger partial charge in [-0.2, -0.15) is 13.2 Å². The van der Waals surface area contributed by atoms with Gasteiger partial charge in [0.25, 0.3) is 0 Å².